The van der Waals surface area contributed by atoms with Gasteiger partial charge in [-0.3, -0.25) is 19.2 Å². The summed E-state index contributed by atoms with van der Waals surface area (Å²) >= 11 is 0. The first-order valence-corrected chi connectivity index (χ1v) is 12.5. The van der Waals surface area contributed by atoms with E-state index in [1.807, 2.05) is 55.4 Å². The van der Waals surface area contributed by atoms with Crippen LogP contribution in [0, 0.1) is 17.3 Å². The topological polar surface area (TPSA) is 134 Å². The van der Waals surface area contributed by atoms with Crippen molar-refractivity contribution in [3.63, 3.8) is 0 Å². The fourth-order valence-electron chi connectivity index (χ4n) is 7.30. The molecule has 2 aliphatic rings. The van der Waals surface area contributed by atoms with Crippen LogP contribution in [-0.4, -0.2) is 66.4 Å². The number of hydrogen-bond donors (Lipinski definition) is 2. The standard InChI is InChI=1S/C26H44N2O8/c1-16(29)35-27-22(3,4)11-18(12-23(27,5)6)26(21(33)34,15-20(31)32)19-13-24(7,8)28(36-17(2)30)25(9,10)14-19/h18-19H,11-15H2,1-10H3,(H,31,32)(H,33,34). The van der Waals surface area contributed by atoms with Crippen LogP contribution in [0.1, 0.15) is 101 Å². The molecule has 10 nitrogen and oxygen atoms in total. The largest absolute Gasteiger partial charge is 0.481 e. The van der Waals surface area contributed by atoms with Gasteiger partial charge in [-0.25, -0.2) is 0 Å². The molecule has 36 heavy (non-hydrogen) atoms. The van der Waals surface area contributed by atoms with Crippen LogP contribution < -0.4 is 0 Å². The summed E-state index contributed by atoms with van der Waals surface area (Å²) in [5.41, 5.74) is -4.53. The van der Waals surface area contributed by atoms with Crippen molar-refractivity contribution in [2.45, 2.75) is 123 Å². The molecular formula is C26H44N2O8. The number of piperidine rings is 2. The number of carbonyl (C=O) groups excluding carboxylic acids is 2. The molecule has 206 valence electrons. The number of nitrogens with zero attached hydrogens (tertiary/aromatic N) is 2. The monoisotopic (exact) mass is 512 g/mol. The van der Waals surface area contributed by atoms with Crippen LogP contribution >= 0.6 is 0 Å². The van der Waals surface area contributed by atoms with E-state index in [1.54, 1.807) is 10.1 Å². The number of rotatable bonds is 7. The van der Waals surface area contributed by atoms with Crippen molar-refractivity contribution in [1.29, 1.82) is 0 Å². The van der Waals surface area contributed by atoms with Gasteiger partial charge in [0.15, 0.2) is 0 Å². The zero-order valence-corrected chi connectivity index (χ0v) is 23.4. The fraction of sp³-hybridized carbons (Fsp3) is 0.846. The van der Waals surface area contributed by atoms with Gasteiger partial charge in [-0.05, 0) is 92.9 Å². The Morgan fingerprint density at radius 2 is 0.972 bits per heavy atom. The van der Waals surface area contributed by atoms with Crippen LogP contribution in [0.15, 0.2) is 0 Å². The third-order valence-electron chi connectivity index (χ3n) is 7.92. The number of carboxylic acids is 2. The molecule has 0 atom stereocenters. The molecule has 0 saturated carbocycles. The number of hydrogen-bond acceptors (Lipinski definition) is 8. The lowest BCUT2D eigenvalue weighted by atomic mass is 9.53. The molecule has 2 N–H and O–H groups in total. The average Bonchev–Trinajstić information content (AvgIpc) is 2.63. The highest BCUT2D eigenvalue weighted by atomic mass is 16.7. The van der Waals surface area contributed by atoms with Crippen molar-refractivity contribution < 1.29 is 39.1 Å². The van der Waals surface area contributed by atoms with Gasteiger partial charge in [-0.15, -0.1) is 10.1 Å². The maximum absolute atomic E-state index is 13.3. The van der Waals surface area contributed by atoms with Gasteiger partial charge < -0.3 is 19.9 Å². The van der Waals surface area contributed by atoms with E-state index < -0.39 is 69.7 Å². The molecule has 2 fully saturated rings. The summed E-state index contributed by atoms with van der Waals surface area (Å²) in [5, 5.41) is 24.1. The Kier molecular flexibility index (Phi) is 8.00. The first kappa shape index (κ1) is 30.0. The smallest absolute Gasteiger partial charge is 0.322 e. The predicted molar refractivity (Wildman–Crippen MR) is 131 cm³/mol. The van der Waals surface area contributed by atoms with Crippen molar-refractivity contribution in [1.82, 2.24) is 10.1 Å². The second-order valence-electron chi connectivity index (χ2n) is 13.1. The number of carbonyl (C=O) groups is 4. The molecule has 0 aromatic rings. The molecule has 0 unspecified atom stereocenters. The Morgan fingerprint density at radius 3 is 1.17 bits per heavy atom. The highest BCUT2D eigenvalue weighted by Crippen LogP contribution is 2.58. The second-order valence-corrected chi connectivity index (χ2v) is 13.1. The van der Waals surface area contributed by atoms with Crippen molar-refractivity contribution >= 4 is 23.9 Å². The van der Waals surface area contributed by atoms with Gasteiger partial charge in [0.2, 0.25) is 0 Å². The average molecular weight is 513 g/mol. The summed E-state index contributed by atoms with van der Waals surface area (Å²) in [6, 6.07) is 0. The van der Waals surface area contributed by atoms with Crippen LogP contribution in [-0.2, 0) is 28.9 Å². The number of carboxylic acid groups (broad SMARTS) is 2. The number of hydroxylamine groups is 4. The molecule has 2 aliphatic heterocycles. The van der Waals surface area contributed by atoms with Crippen LogP contribution in [0.2, 0.25) is 0 Å². The van der Waals surface area contributed by atoms with Gasteiger partial charge in [-0.2, -0.15) is 0 Å². The van der Waals surface area contributed by atoms with Gasteiger partial charge in [-0.1, -0.05) is 0 Å². The Bertz CT molecular complexity index is 816. The quantitative estimate of drug-likeness (QED) is 0.515. The van der Waals surface area contributed by atoms with E-state index in [2.05, 4.69) is 0 Å². The fourth-order valence-corrected chi connectivity index (χ4v) is 7.30. The molecule has 0 radical (unpaired) electrons. The summed E-state index contributed by atoms with van der Waals surface area (Å²) < 4.78 is 0. The van der Waals surface area contributed by atoms with E-state index in [0.717, 1.165) is 0 Å². The van der Waals surface area contributed by atoms with E-state index in [1.165, 1.54) is 13.8 Å². The lowest BCUT2D eigenvalue weighted by molar-refractivity contribution is -0.289. The van der Waals surface area contributed by atoms with E-state index in [0.29, 0.717) is 25.7 Å². The molecule has 2 heterocycles. The number of aliphatic carboxylic acids is 2. The van der Waals surface area contributed by atoms with Crippen molar-refractivity contribution in [2.24, 2.45) is 17.3 Å². The molecular weight excluding hydrogens is 468 g/mol. The summed E-state index contributed by atoms with van der Waals surface area (Å²) in [4.78, 5) is 60.3. The molecule has 0 spiro atoms. The first-order valence-electron chi connectivity index (χ1n) is 12.5. The van der Waals surface area contributed by atoms with Crippen molar-refractivity contribution in [2.75, 3.05) is 0 Å². The summed E-state index contributed by atoms with van der Waals surface area (Å²) in [6.07, 6.45) is 0.780. The maximum atomic E-state index is 13.3. The van der Waals surface area contributed by atoms with E-state index in [-0.39, 0.29) is 0 Å². The van der Waals surface area contributed by atoms with Gasteiger partial charge in [0.05, 0.1) is 34.0 Å². The first-order chi connectivity index (χ1) is 16.1. The van der Waals surface area contributed by atoms with Crippen LogP contribution in [0.3, 0.4) is 0 Å². The third kappa shape index (κ3) is 5.69. The van der Waals surface area contributed by atoms with Gasteiger partial charge >= 0.3 is 23.9 Å². The van der Waals surface area contributed by atoms with Crippen LogP contribution in [0.5, 0.6) is 0 Å². The normalized spacial score (nSPS) is 24.6. The molecule has 0 aliphatic carbocycles. The van der Waals surface area contributed by atoms with E-state index in [4.69, 9.17) is 9.68 Å². The van der Waals surface area contributed by atoms with Gasteiger partial charge in [0.25, 0.3) is 0 Å². The minimum Gasteiger partial charge on any atom is -0.481 e. The van der Waals surface area contributed by atoms with E-state index in [9.17, 15) is 29.4 Å². The van der Waals surface area contributed by atoms with Gasteiger partial charge in [0, 0.05) is 13.8 Å². The molecule has 10 heteroatoms. The molecule has 2 saturated heterocycles. The van der Waals surface area contributed by atoms with E-state index >= 15 is 0 Å². The highest BCUT2D eigenvalue weighted by molar-refractivity contribution is 5.82. The molecule has 0 aromatic heterocycles. The Labute approximate surface area is 214 Å². The molecule has 2 rings (SSSR count). The maximum Gasteiger partial charge on any atom is 0.322 e. The molecule has 0 bridgehead atoms. The van der Waals surface area contributed by atoms with Crippen LogP contribution in [0.25, 0.3) is 0 Å². The summed E-state index contributed by atoms with van der Waals surface area (Å²) in [6.45, 7) is 17.7. The second kappa shape index (κ2) is 9.59. The summed E-state index contributed by atoms with van der Waals surface area (Å²) in [5.74, 6) is -4.27. The lowest BCUT2D eigenvalue weighted by Crippen LogP contribution is -2.67. The Morgan fingerprint density at radius 1 is 0.694 bits per heavy atom. The zero-order chi connectivity index (χ0) is 28.1. The van der Waals surface area contributed by atoms with Gasteiger partial charge in [0.1, 0.15) is 0 Å². The lowest BCUT2D eigenvalue weighted by Gasteiger charge is -2.60. The van der Waals surface area contributed by atoms with Crippen LogP contribution in [0.4, 0.5) is 0 Å². The molecule has 0 aromatic carbocycles. The third-order valence-corrected chi connectivity index (χ3v) is 7.92. The minimum atomic E-state index is -1.58. The Balaban J connectivity index is 2.65. The molecule has 0 amide bonds. The predicted octanol–water partition coefficient (Wildman–Crippen LogP) is 4.03. The summed E-state index contributed by atoms with van der Waals surface area (Å²) in [7, 11) is 0. The minimum absolute atomic E-state index is 0.328. The highest BCUT2D eigenvalue weighted by Gasteiger charge is 2.63. The van der Waals surface area contributed by atoms with Crippen molar-refractivity contribution in [3.05, 3.63) is 0 Å². The Hall–Kier alpha value is -2.20. The SMILES string of the molecule is CC(=O)ON1C(C)(C)CC(C(CC(=O)O)(C(=O)O)C2CC(C)(C)N(OC(C)=O)C(C)(C)C2)CC1(C)C. The van der Waals surface area contributed by atoms with Crippen molar-refractivity contribution in [3.8, 4) is 0 Å². The zero-order valence-electron chi connectivity index (χ0n) is 23.4.